The molecule has 0 unspecified atom stereocenters. The fraction of sp³-hybridized carbons (Fsp3) is 0.292. The number of aryl methyl sites for hydroxylation is 1. The first kappa shape index (κ1) is 18.4. The van der Waals surface area contributed by atoms with Gasteiger partial charge in [0.1, 0.15) is 17.3 Å². The second-order valence-corrected chi connectivity index (χ2v) is 7.38. The fourth-order valence-electron chi connectivity index (χ4n) is 3.87. The van der Waals surface area contributed by atoms with E-state index in [0.717, 1.165) is 43.0 Å². The molecule has 1 aromatic heterocycles. The molecular weight excluding hydrogens is 350 g/mol. The Kier molecular flexibility index (Phi) is 5.47. The van der Waals surface area contributed by atoms with Crippen molar-refractivity contribution in [2.75, 3.05) is 13.1 Å². The van der Waals surface area contributed by atoms with Gasteiger partial charge in [-0.25, -0.2) is 0 Å². The number of rotatable bonds is 5. The van der Waals surface area contributed by atoms with Crippen LogP contribution in [0.1, 0.15) is 36.5 Å². The average Bonchev–Trinajstić information content (AvgIpc) is 3.22. The molecule has 2 aromatic carbocycles. The van der Waals surface area contributed by atoms with E-state index in [0.29, 0.717) is 24.5 Å². The molecule has 1 aliphatic heterocycles. The Hall–Kier alpha value is -3.01. The van der Waals surface area contributed by atoms with Crippen molar-refractivity contribution in [2.24, 2.45) is 0 Å². The number of aromatic hydroxyl groups is 1. The number of piperidine rings is 1. The third-order valence-corrected chi connectivity index (χ3v) is 5.52. The number of phenols is 1. The predicted molar refractivity (Wildman–Crippen MR) is 109 cm³/mol. The van der Waals surface area contributed by atoms with Crippen LogP contribution in [0.3, 0.4) is 0 Å². The molecule has 4 rings (SSSR count). The minimum absolute atomic E-state index is 0.196. The van der Waals surface area contributed by atoms with Gasteiger partial charge in [0.25, 0.3) is 0 Å². The molecule has 0 spiro atoms. The Morgan fingerprint density at radius 3 is 2.39 bits per heavy atom. The van der Waals surface area contributed by atoms with E-state index in [1.165, 1.54) is 5.56 Å². The molecule has 0 atom stereocenters. The van der Waals surface area contributed by atoms with Crippen molar-refractivity contribution < 1.29 is 14.3 Å². The van der Waals surface area contributed by atoms with Gasteiger partial charge in [-0.2, -0.15) is 0 Å². The number of likely N-dealkylation sites (tertiary alicyclic amines) is 1. The molecule has 1 saturated heterocycles. The van der Waals surface area contributed by atoms with E-state index in [9.17, 15) is 9.90 Å². The van der Waals surface area contributed by atoms with Gasteiger partial charge in [-0.15, -0.1) is 0 Å². The van der Waals surface area contributed by atoms with Gasteiger partial charge < -0.3 is 14.4 Å². The second-order valence-electron chi connectivity index (χ2n) is 7.38. The van der Waals surface area contributed by atoms with Gasteiger partial charge in [-0.3, -0.25) is 4.79 Å². The number of hydrogen-bond donors (Lipinski definition) is 1. The Morgan fingerprint density at radius 2 is 1.68 bits per heavy atom. The molecule has 4 nitrogen and oxygen atoms in total. The normalized spacial score (nSPS) is 14.9. The maximum atomic E-state index is 12.6. The van der Waals surface area contributed by atoms with Crippen LogP contribution in [0.4, 0.5) is 0 Å². The zero-order valence-electron chi connectivity index (χ0n) is 15.9. The molecule has 1 N–H and O–H groups in total. The fourth-order valence-corrected chi connectivity index (χ4v) is 3.87. The van der Waals surface area contributed by atoms with Crippen LogP contribution in [0.15, 0.2) is 71.1 Å². The lowest BCUT2D eigenvalue weighted by Gasteiger charge is -2.32. The summed E-state index contributed by atoms with van der Waals surface area (Å²) in [7, 11) is 0. The highest BCUT2D eigenvalue weighted by Gasteiger charge is 2.23. The highest BCUT2D eigenvalue weighted by Crippen LogP contribution is 2.29. The van der Waals surface area contributed by atoms with Crippen LogP contribution in [0.5, 0.6) is 5.75 Å². The monoisotopic (exact) mass is 375 g/mol. The van der Waals surface area contributed by atoms with Gasteiger partial charge >= 0.3 is 0 Å². The Labute approximate surface area is 165 Å². The summed E-state index contributed by atoms with van der Waals surface area (Å²) >= 11 is 0. The topological polar surface area (TPSA) is 53.7 Å². The number of carbonyl (C=O) groups excluding carboxylic acids is 1. The SMILES string of the molecule is O=C(CCc1ccc(-c2ccccc2)o1)N1CCC(c2ccc(O)cc2)CC1. The summed E-state index contributed by atoms with van der Waals surface area (Å²) in [6, 6.07) is 21.4. The number of hydrogen-bond acceptors (Lipinski definition) is 3. The third-order valence-electron chi connectivity index (χ3n) is 5.52. The van der Waals surface area contributed by atoms with E-state index in [2.05, 4.69) is 0 Å². The van der Waals surface area contributed by atoms with Crippen LogP contribution in [0.25, 0.3) is 11.3 Å². The molecule has 2 heterocycles. The Balaban J connectivity index is 1.27. The van der Waals surface area contributed by atoms with Gasteiger partial charge in [0.2, 0.25) is 5.91 Å². The molecule has 4 heteroatoms. The number of nitrogens with zero attached hydrogens (tertiary/aromatic N) is 1. The lowest BCUT2D eigenvalue weighted by atomic mass is 9.89. The van der Waals surface area contributed by atoms with Crippen molar-refractivity contribution in [3.63, 3.8) is 0 Å². The van der Waals surface area contributed by atoms with Crippen LogP contribution in [-0.2, 0) is 11.2 Å². The largest absolute Gasteiger partial charge is 0.508 e. The summed E-state index contributed by atoms with van der Waals surface area (Å²) in [6.07, 6.45) is 3.04. The highest BCUT2D eigenvalue weighted by atomic mass is 16.3. The van der Waals surface area contributed by atoms with Gasteiger partial charge in [0, 0.05) is 31.5 Å². The summed E-state index contributed by atoms with van der Waals surface area (Å²) in [5.74, 6) is 2.65. The molecule has 0 saturated carbocycles. The molecule has 0 aliphatic carbocycles. The number of carbonyl (C=O) groups is 1. The van der Waals surface area contributed by atoms with Crippen molar-refractivity contribution in [3.05, 3.63) is 78.1 Å². The van der Waals surface area contributed by atoms with Crippen molar-refractivity contribution >= 4 is 5.91 Å². The first-order valence-electron chi connectivity index (χ1n) is 9.90. The van der Waals surface area contributed by atoms with Crippen LogP contribution in [0, 0.1) is 0 Å². The number of phenolic OH excluding ortho intramolecular Hbond substituents is 1. The van der Waals surface area contributed by atoms with E-state index in [1.54, 1.807) is 12.1 Å². The van der Waals surface area contributed by atoms with Crippen LogP contribution < -0.4 is 0 Å². The summed E-state index contributed by atoms with van der Waals surface area (Å²) < 4.78 is 5.90. The van der Waals surface area contributed by atoms with E-state index in [1.807, 2.05) is 59.5 Å². The number of benzene rings is 2. The van der Waals surface area contributed by atoms with E-state index >= 15 is 0 Å². The molecule has 1 fully saturated rings. The summed E-state index contributed by atoms with van der Waals surface area (Å²) in [6.45, 7) is 1.58. The van der Waals surface area contributed by atoms with Gasteiger partial charge in [-0.05, 0) is 48.6 Å². The maximum absolute atomic E-state index is 12.6. The van der Waals surface area contributed by atoms with Crippen molar-refractivity contribution in [1.82, 2.24) is 4.90 Å². The zero-order valence-corrected chi connectivity index (χ0v) is 15.9. The quantitative estimate of drug-likeness (QED) is 0.683. The van der Waals surface area contributed by atoms with Gasteiger partial charge in [0.15, 0.2) is 0 Å². The lowest BCUT2D eigenvalue weighted by molar-refractivity contribution is -0.132. The van der Waals surface area contributed by atoms with E-state index in [-0.39, 0.29) is 5.91 Å². The minimum atomic E-state index is 0.196. The summed E-state index contributed by atoms with van der Waals surface area (Å²) in [5, 5.41) is 9.43. The zero-order chi connectivity index (χ0) is 19.3. The van der Waals surface area contributed by atoms with E-state index in [4.69, 9.17) is 4.42 Å². The third kappa shape index (κ3) is 4.28. The minimum Gasteiger partial charge on any atom is -0.508 e. The Morgan fingerprint density at radius 1 is 0.964 bits per heavy atom. The lowest BCUT2D eigenvalue weighted by Crippen LogP contribution is -2.38. The van der Waals surface area contributed by atoms with Gasteiger partial charge in [0.05, 0.1) is 0 Å². The molecule has 0 bridgehead atoms. The van der Waals surface area contributed by atoms with E-state index < -0.39 is 0 Å². The first-order chi connectivity index (χ1) is 13.7. The Bertz CT molecular complexity index is 907. The molecule has 28 heavy (non-hydrogen) atoms. The molecule has 0 radical (unpaired) electrons. The number of furan rings is 1. The molecule has 144 valence electrons. The van der Waals surface area contributed by atoms with Crippen LogP contribution in [0.2, 0.25) is 0 Å². The number of amides is 1. The van der Waals surface area contributed by atoms with Crippen molar-refractivity contribution in [1.29, 1.82) is 0 Å². The first-order valence-corrected chi connectivity index (χ1v) is 9.90. The molecular formula is C24H25NO3. The maximum Gasteiger partial charge on any atom is 0.223 e. The smallest absolute Gasteiger partial charge is 0.223 e. The standard InChI is InChI=1S/C24H25NO3/c26-21-8-6-18(7-9-21)19-14-16-25(17-15-19)24(27)13-11-22-10-12-23(28-22)20-4-2-1-3-5-20/h1-10,12,19,26H,11,13-17H2. The van der Waals surface area contributed by atoms with Crippen molar-refractivity contribution in [3.8, 4) is 17.1 Å². The molecule has 1 aliphatic rings. The van der Waals surface area contributed by atoms with Crippen LogP contribution >= 0.6 is 0 Å². The molecule has 1 amide bonds. The van der Waals surface area contributed by atoms with Crippen LogP contribution in [-0.4, -0.2) is 29.0 Å². The van der Waals surface area contributed by atoms with Crippen molar-refractivity contribution in [2.45, 2.75) is 31.6 Å². The highest BCUT2D eigenvalue weighted by molar-refractivity contribution is 5.76. The predicted octanol–water partition coefficient (Wildman–Crippen LogP) is 4.99. The summed E-state index contributed by atoms with van der Waals surface area (Å²) in [4.78, 5) is 14.6. The summed E-state index contributed by atoms with van der Waals surface area (Å²) in [5.41, 5.74) is 2.30. The van der Waals surface area contributed by atoms with Gasteiger partial charge in [-0.1, -0.05) is 42.5 Å². The average molecular weight is 375 g/mol. The molecule has 3 aromatic rings. The second kappa shape index (κ2) is 8.34.